The van der Waals surface area contributed by atoms with E-state index in [-0.39, 0.29) is 11.8 Å². The lowest BCUT2D eigenvalue weighted by Gasteiger charge is -2.22. The van der Waals surface area contributed by atoms with E-state index in [0.717, 1.165) is 34.9 Å². The van der Waals surface area contributed by atoms with Crippen LogP contribution in [0.5, 0.6) is 23.0 Å². The number of aromatic nitrogens is 1. The van der Waals surface area contributed by atoms with E-state index in [0.29, 0.717) is 23.0 Å². The minimum absolute atomic E-state index is 0.0269. The van der Waals surface area contributed by atoms with Gasteiger partial charge in [-0.2, -0.15) is 0 Å². The van der Waals surface area contributed by atoms with E-state index in [1.54, 1.807) is 34.6 Å². The molecule has 0 aliphatic heterocycles. The van der Waals surface area contributed by atoms with Gasteiger partial charge in [-0.25, -0.2) is 0 Å². The third-order valence-electron chi connectivity index (χ3n) is 5.55. The summed E-state index contributed by atoms with van der Waals surface area (Å²) >= 11 is 0. The minimum atomic E-state index is -0.463. The van der Waals surface area contributed by atoms with E-state index < -0.39 is 6.04 Å². The molecule has 1 saturated carbocycles. The lowest BCUT2D eigenvalue weighted by Crippen LogP contribution is -2.31. The molecule has 0 saturated heterocycles. The summed E-state index contributed by atoms with van der Waals surface area (Å²) < 4.78 is 21.8. The first-order valence-corrected chi connectivity index (χ1v) is 10.1. The monoisotopic (exact) mass is 422 g/mol. The van der Waals surface area contributed by atoms with Gasteiger partial charge in [-0.05, 0) is 54.1 Å². The van der Waals surface area contributed by atoms with Crippen LogP contribution in [0.15, 0.2) is 42.6 Å². The molecule has 7 nitrogen and oxygen atoms in total. The van der Waals surface area contributed by atoms with Crippen LogP contribution in [0, 0.1) is 5.92 Å². The first kappa shape index (κ1) is 20.8. The highest BCUT2D eigenvalue weighted by atomic mass is 16.5. The number of benzene rings is 2. The van der Waals surface area contributed by atoms with E-state index in [9.17, 15) is 4.79 Å². The second-order valence-corrected chi connectivity index (χ2v) is 7.45. The van der Waals surface area contributed by atoms with Crippen molar-refractivity contribution in [2.45, 2.75) is 18.9 Å². The maximum atomic E-state index is 12.8. The zero-order valence-electron chi connectivity index (χ0n) is 18.1. The van der Waals surface area contributed by atoms with Crippen LogP contribution in [-0.4, -0.2) is 39.3 Å². The Balaban J connectivity index is 1.87. The van der Waals surface area contributed by atoms with Gasteiger partial charge in [-0.3, -0.25) is 9.78 Å². The predicted molar refractivity (Wildman–Crippen MR) is 117 cm³/mol. The summed E-state index contributed by atoms with van der Waals surface area (Å²) in [6.45, 7) is 0. The van der Waals surface area contributed by atoms with E-state index in [1.807, 2.05) is 36.4 Å². The number of pyridine rings is 1. The van der Waals surface area contributed by atoms with Gasteiger partial charge in [0, 0.05) is 17.5 Å². The van der Waals surface area contributed by atoms with Crippen molar-refractivity contribution in [3.05, 3.63) is 53.9 Å². The summed E-state index contributed by atoms with van der Waals surface area (Å²) in [4.78, 5) is 17.4. The number of hydrogen-bond acceptors (Lipinski definition) is 6. The largest absolute Gasteiger partial charge is 0.493 e. The maximum absolute atomic E-state index is 12.8. The third-order valence-corrected chi connectivity index (χ3v) is 5.55. The number of rotatable bonds is 8. The molecule has 0 radical (unpaired) electrons. The Bertz CT molecular complexity index is 1110. The number of carbonyl (C=O) groups is 1. The quantitative estimate of drug-likeness (QED) is 0.593. The Labute approximate surface area is 181 Å². The first-order chi connectivity index (χ1) is 15.1. The highest BCUT2D eigenvalue weighted by molar-refractivity contribution is 5.89. The van der Waals surface area contributed by atoms with Crippen molar-refractivity contribution < 1.29 is 23.7 Å². The average Bonchev–Trinajstić information content (AvgIpc) is 3.66. The normalized spacial score (nSPS) is 14.1. The Morgan fingerprint density at radius 1 is 0.903 bits per heavy atom. The Hall–Kier alpha value is -3.48. The maximum Gasteiger partial charge on any atom is 0.223 e. The van der Waals surface area contributed by atoms with Crippen molar-refractivity contribution in [3.63, 3.8) is 0 Å². The number of fused-ring (bicyclic) bond motifs is 1. The number of ether oxygens (including phenoxy) is 4. The highest BCUT2D eigenvalue weighted by Gasteiger charge is 2.32. The fourth-order valence-electron chi connectivity index (χ4n) is 3.70. The topological polar surface area (TPSA) is 78.9 Å². The minimum Gasteiger partial charge on any atom is -0.493 e. The summed E-state index contributed by atoms with van der Waals surface area (Å²) in [5.41, 5.74) is 1.57. The summed E-state index contributed by atoms with van der Waals surface area (Å²) in [6.07, 6.45) is 3.57. The molecule has 3 aromatic rings. The molecule has 1 aliphatic rings. The zero-order chi connectivity index (χ0) is 22.0. The Kier molecular flexibility index (Phi) is 5.84. The molecule has 31 heavy (non-hydrogen) atoms. The van der Waals surface area contributed by atoms with E-state index in [4.69, 9.17) is 18.9 Å². The van der Waals surface area contributed by atoms with Crippen molar-refractivity contribution in [2.24, 2.45) is 5.92 Å². The summed E-state index contributed by atoms with van der Waals surface area (Å²) in [6, 6.07) is 10.9. The molecule has 1 heterocycles. The molecule has 1 N–H and O–H groups in total. The Morgan fingerprint density at radius 2 is 1.55 bits per heavy atom. The van der Waals surface area contributed by atoms with Crippen LogP contribution >= 0.6 is 0 Å². The van der Waals surface area contributed by atoms with Crippen LogP contribution in [-0.2, 0) is 4.79 Å². The second-order valence-electron chi connectivity index (χ2n) is 7.45. The zero-order valence-corrected chi connectivity index (χ0v) is 18.1. The number of methoxy groups -OCH3 is 4. The molecule has 1 amide bonds. The smallest absolute Gasteiger partial charge is 0.223 e. The lowest BCUT2D eigenvalue weighted by atomic mass is 9.97. The van der Waals surface area contributed by atoms with Crippen LogP contribution in [0.25, 0.3) is 10.8 Å². The molecule has 162 valence electrons. The summed E-state index contributed by atoms with van der Waals surface area (Å²) in [5.74, 6) is 2.54. The number of amides is 1. The van der Waals surface area contributed by atoms with Gasteiger partial charge < -0.3 is 24.3 Å². The molecule has 1 aromatic heterocycles. The van der Waals surface area contributed by atoms with Crippen LogP contribution < -0.4 is 24.3 Å². The number of nitrogens with zero attached hydrogens (tertiary/aromatic N) is 1. The van der Waals surface area contributed by atoms with Crippen molar-refractivity contribution in [1.29, 1.82) is 0 Å². The molecule has 1 aliphatic carbocycles. The summed E-state index contributed by atoms with van der Waals surface area (Å²) in [5, 5.41) is 5.00. The molecule has 1 unspecified atom stereocenters. The van der Waals surface area contributed by atoms with Gasteiger partial charge in [-0.15, -0.1) is 0 Å². The van der Waals surface area contributed by atoms with E-state index >= 15 is 0 Å². The van der Waals surface area contributed by atoms with Gasteiger partial charge in [0.2, 0.25) is 5.91 Å². The fraction of sp³-hybridized carbons (Fsp3) is 0.333. The molecule has 4 rings (SSSR count). The molecule has 0 bridgehead atoms. The third kappa shape index (κ3) is 4.08. The lowest BCUT2D eigenvalue weighted by molar-refractivity contribution is -0.122. The molecule has 1 atom stereocenters. The van der Waals surface area contributed by atoms with Crippen LogP contribution in [0.2, 0.25) is 0 Å². The van der Waals surface area contributed by atoms with Crippen LogP contribution in [0.3, 0.4) is 0 Å². The van der Waals surface area contributed by atoms with Crippen molar-refractivity contribution in [1.82, 2.24) is 10.3 Å². The van der Waals surface area contributed by atoms with Gasteiger partial charge in [0.05, 0.1) is 40.2 Å². The molecule has 0 spiro atoms. The van der Waals surface area contributed by atoms with Gasteiger partial charge in [0.1, 0.15) is 0 Å². The Morgan fingerprint density at radius 3 is 2.19 bits per heavy atom. The van der Waals surface area contributed by atoms with Gasteiger partial charge in [0.15, 0.2) is 23.0 Å². The molecular weight excluding hydrogens is 396 g/mol. The molecule has 7 heteroatoms. The molecule has 1 fully saturated rings. The summed E-state index contributed by atoms with van der Waals surface area (Å²) in [7, 11) is 6.39. The predicted octanol–water partition coefficient (Wildman–Crippen LogP) is 3.88. The van der Waals surface area contributed by atoms with E-state index in [1.165, 1.54) is 0 Å². The SMILES string of the molecule is COc1ccc(C(NC(=O)C2CC2)c2nccc3cc(OC)c(OC)cc23)cc1OC. The fourth-order valence-corrected chi connectivity index (χ4v) is 3.70. The molecule has 2 aromatic carbocycles. The van der Waals surface area contributed by atoms with Crippen LogP contribution in [0.1, 0.15) is 30.1 Å². The van der Waals surface area contributed by atoms with Crippen molar-refractivity contribution in [2.75, 3.05) is 28.4 Å². The van der Waals surface area contributed by atoms with Crippen molar-refractivity contribution >= 4 is 16.7 Å². The highest BCUT2D eigenvalue weighted by Crippen LogP contribution is 2.38. The van der Waals surface area contributed by atoms with E-state index in [2.05, 4.69) is 10.3 Å². The standard InChI is InChI=1S/C24H26N2O5/c1-28-18-8-7-16(12-19(18)29-2)22(26-24(27)14-5-6-14)23-17-13-21(31-4)20(30-3)11-15(17)9-10-25-23/h7-14,22H,5-6H2,1-4H3,(H,26,27). The average molecular weight is 422 g/mol. The van der Waals surface area contributed by atoms with Crippen LogP contribution in [0.4, 0.5) is 0 Å². The number of nitrogens with one attached hydrogen (secondary N) is 1. The van der Waals surface area contributed by atoms with Crippen molar-refractivity contribution in [3.8, 4) is 23.0 Å². The van der Waals surface area contributed by atoms with Gasteiger partial charge in [-0.1, -0.05) is 6.07 Å². The second kappa shape index (κ2) is 8.71. The number of hydrogen-bond donors (Lipinski definition) is 1. The van der Waals surface area contributed by atoms with Gasteiger partial charge >= 0.3 is 0 Å². The molecular formula is C24H26N2O5. The number of carbonyl (C=O) groups excluding carboxylic acids is 1. The van der Waals surface area contributed by atoms with Gasteiger partial charge in [0.25, 0.3) is 0 Å². The first-order valence-electron chi connectivity index (χ1n) is 10.1.